The first-order chi connectivity index (χ1) is 15.9. The molecule has 2 aromatic carbocycles. The molecule has 3 aromatic rings. The van der Waals surface area contributed by atoms with E-state index < -0.39 is 5.97 Å². The number of rotatable bonds is 5. The van der Waals surface area contributed by atoms with Crippen molar-refractivity contribution >= 4 is 63.8 Å². The summed E-state index contributed by atoms with van der Waals surface area (Å²) < 4.78 is 10.6. The molecule has 168 valence electrons. The summed E-state index contributed by atoms with van der Waals surface area (Å²) in [5.74, 6) is 0.483. The number of hydrogen-bond donors (Lipinski definition) is 0. The van der Waals surface area contributed by atoms with Gasteiger partial charge < -0.3 is 9.15 Å². The Hall–Kier alpha value is -3.00. The summed E-state index contributed by atoms with van der Waals surface area (Å²) in [5, 5.41) is 1.39. The Labute approximate surface area is 204 Å². The van der Waals surface area contributed by atoms with Crippen LogP contribution in [0.3, 0.4) is 0 Å². The number of nitrogens with zero attached hydrogens (tertiary/aromatic N) is 2. The third kappa shape index (κ3) is 4.85. The van der Waals surface area contributed by atoms with E-state index in [-0.39, 0.29) is 5.91 Å². The Morgan fingerprint density at radius 2 is 1.91 bits per heavy atom. The van der Waals surface area contributed by atoms with Gasteiger partial charge in [0, 0.05) is 18.2 Å². The van der Waals surface area contributed by atoms with Crippen LogP contribution in [0.25, 0.3) is 17.4 Å². The average Bonchev–Trinajstić information content (AvgIpc) is 3.40. The van der Waals surface area contributed by atoms with Gasteiger partial charge in [-0.3, -0.25) is 9.69 Å². The molecular formula is C24H18Cl2N2O4S. The Balaban J connectivity index is 1.59. The first-order valence-electron chi connectivity index (χ1n) is 9.94. The maximum atomic E-state index is 12.9. The number of carbonyl (C=O) groups is 2. The van der Waals surface area contributed by atoms with Crippen molar-refractivity contribution in [2.24, 2.45) is 4.99 Å². The average molecular weight is 501 g/mol. The van der Waals surface area contributed by atoms with E-state index in [4.69, 9.17) is 32.4 Å². The Kier molecular flexibility index (Phi) is 6.93. The lowest BCUT2D eigenvalue weighted by molar-refractivity contribution is -0.122. The van der Waals surface area contributed by atoms with Gasteiger partial charge in [0.1, 0.15) is 11.5 Å². The number of furan rings is 1. The Bertz CT molecular complexity index is 1280. The number of esters is 1. The molecule has 0 radical (unpaired) electrons. The summed E-state index contributed by atoms with van der Waals surface area (Å²) in [6, 6.07) is 15.5. The molecule has 33 heavy (non-hydrogen) atoms. The Morgan fingerprint density at radius 1 is 1.15 bits per heavy atom. The molecule has 0 spiro atoms. The molecule has 0 unspecified atom stereocenters. The van der Waals surface area contributed by atoms with Gasteiger partial charge in [-0.1, -0.05) is 29.3 Å². The molecule has 9 heteroatoms. The van der Waals surface area contributed by atoms with Gasteiger partial charge in [0.05, 0.1) is 33.3 Å². The van der Waals surface area contributed by atoms with Crippen LogP contribution in [0.4, 0.5) is 5.69 Å². The molecular weight excluding hydrogens is 483 g/mol. The minimum absolute atomic E-state index is 0.161. The molecule has 2 heterocycles. The van der Waals surface area contributed by atoms with Crippen molar-refractivity contribution in [2.45, 2.75) is 6.92 Å². The van der Waals surface area contributed by atoms with E-state index in [1.807, 2.05) is 13.0 Å². The summed E-state index contributed by atoms with van der Waals surface area (Å²) in [5.41, 5.74) is 1.72. The van der Waals surface area contributed by atoms with Crippen molar-refractivity contribution in [1.29, 1.82) is 0 Å². The monoisotopic (exact) mass is 500 g/mol. The van der Waals surface area contributed by atoms with Crippen LogP contribution in [0.1, 0.15) is 23.0 Å². The van der Waals surface area contributed by atoms with Gasteiger partial charge in [-0.15, -0.1) is 0 Å². The third-order valence-electron chi connectivity index (χ3n) is 4.83. The molecule has 4 rings (SSSR count). The highest BCUT2D eigenvalue weighted by molar-refractivity contribution is 8.18. The molecule has 1 aliphatic rings. The highest BCUT2D eigenvalue weighted by Gasteiger charge is 2.32. The van der Waals surface area contributed by atoms with Crippen LogP contribution in [0, 0.1) is 0 Å². The summed E-state index contributed by atoms with van der Waals surface area (Å²) in [6.07, 6.45) is 1.68. The van der Waals surface area contributed by atoms with Gasteiger partial charge in [0.15, 0.2) is 5.17 Å². The predicted octanol–water partition coefficient (Wildman–Crippen LogP) is 6.66. The molecule has 0 N–H and O–H groups in total. The van der Waals surface area contributed by atoms with Gasteiger partial charge >= 0.3 is 5.97 Å². The molecule has 0 saturated carbocycles. The maximum Gasteiger partial charge on any atom is 0.337 e. The number of halogens is 2. The number of aliphatic imine (C=N–C) groups is 1. The molecule has 1 aliphatic heterocycles. The van der Waals surface area contributed by atoms with Crippen molar-refractivity contribution in [2.75, 3.05) is 13.7 Å². The lowest BCUT2D eigenvalue weighted by Gasteiger charge is -2.12. The number of methoxy groups -OCH3 is 1. The van der Waals surface area contributed by atoms with Crippen molar-refractivity contribution in [3.8, 4) is 11.3 Å². The maximum absolute atomic E-state index is 12.9. The normalized spacial score (nSPS) is 16.1. The topological polar surface area (TPSA) is 72.1 Å². The summed E-state index contributed by atoms with van der Waals surface area (Å²) in [6.45, 7) is 2.34. The van der Waals surface area contributed by atoms with Crippen molar-refractivity contribution in [1.82, 2.24) is 4.90 Å². The van der Waals surface area contributed by atoms with Crippen molar-refractivity contribution in [3.63, 3.8) is 0 Å². The highest BCUT2D eigenvalue weighted by atomic mass is 35.5. The fraction of sp³-hybridized carbons (Fsp3) is 0.125. The smallest absolute Gasteiger partial charge is 0.337 e. The number of likely N-dealkylation sites (N-methyl/N-ethyl adjacent to an activating group) is 1. The number of amidine groups is 1. The zero-order valence-electron chi connectivity index (χ0n) is 17.7. The summed E-state index contributed by atoms with van der Waals surface area (Å²) in [7, 11) is 1.33. The van der Waals surface area contributed by atoms with Gasteiger partial charge in [0.25, 0.3) is 5.91 Å². The van der Waals surface area contributed by atoms with Gasteiger partial charge in [0.2, 0.25) is 0 Å². The quantitative estimate of drug-likeness (QED) is 0.289. The van der Waals surface area contributed by atoms with E-state index in [0.717, 1.165) is 0 Å². The minimum atomic E-state index is -0.420. The number of ether oxygens (including phenoxy) is 1. The van der Waals surface area contributed by atoms with Crippen LogP contribution in [0.15, 0.2) is 68.9 Å². The largest absolute Gasteiger partial charge is 0.465 e. The van der Waals surface area contributed by atoms with E-state index in [2.05, 4.69) is 4.99 Å². The number of amides is 1. The fourth-order valence-corrected chi connectivity index (χ4v) is 4.61. The molecule has 0 aliphatic carbocycles. The van der Waals surface area contributed by atoms with Crippen LogP contribution in [-0.2, 0) is 9.53 Å². The van der Waals surface area contributed by atoms with Crippen LogP contribution >= 0.6 is 35.0 Å². The van der Waals surface area contributed by atoms with E-state index >= 15 is 0 Å². The standard InChI is InChI=1S/C24H18Cl2N2O4S/c1-3-28-22(29)20(33-24(28)27-15-9-7-14(8-10-15)23(30)31-2)13-16-11-12-19(32-16)17-5-4-6-18(25)21(17)26/h4-13H,3H2,1-2H3/b20-13+,27-24?. The predicted molar refractivity (Wildman–Crippen MR) is 132 cm³/mol. The molecule has 1 amide bonds. The highest BCUT2D eigenvalue weighted by Crippen LogP contribution is 2.37. The van der Waals surface area contributed by atoms with Crippen molar-refractivity contribution < 1.29 is 18.7 Å². The second-order valence-corrected chi connectivity index (χ2v) is 8.69. The van der Waals surface area contributed by atoms with E-state index in [0.29, 0.717) is 55.0 Å². The van der Waals surface area contributed by atoms with Crippen LogP contribution in [0.2, 0.25) is 10.0 Å². The summed E-state index contributed by atoms with van der Waals surface area (Å²) in [4.78, 5) is 31.2. The lowest BCUT2D eigenvalue weighted by Crippen LogP contribution is -2.28. The summed E-state index contributed by atoms with van der Waals surface area (Å²) >= 11 is 13.6. The van der Waals surface area contributed by atoms with Crippen LogP contribution < -0.4 is 0 Å². The van der Waals surface area contributed by atoms with Crippen molar-refractivity contribution in [3.05, 3.63) is 80.9 Å². The fourth-order valence-electron chi connectivity index (χ4n) is 3.17. The second-order valence-electron chi connectivity index (χ2n) is 6.90. The van der Waals surface area contributed by atoms with E-state index in [1.165, 1.54) is 18.9 Å². The number of hydrogen-bond acceptors (Lipinski definition) is 6. The zero-order valence-corrected chi connectivity index (χ0v) is 20.0. The lowest BCUT2D eigenvalue weighted by atomic mass is 10.2. The van der Waals surface area contributed by atoms with E-state index in [9.17, 15) is 9.59 Å². The number of benzene rings is 2. The zero-order chi connectivity index (χ0) is 23.5. The number of carbonyl (C=O) groups excluding carboxylic acids is 2. The third-order valence-corrected chi connectivity index (χ3v) is 6.66. The van der Waals surface area contributed by atoms with Gasteiger partial charge in [-0.05, 0) is 67.2 Å². The molecule has 1 aromatic heterocycles. The molecule has 0 bridgehead atoms. The first-order valence-corrected chi connectivity index (χ1v) is 11.5. The molecule has 0 atom stereocenters. The van der Waals surface area contributed by atoms with Gasteiger partial charge in [-0.2, -0.15) is 0 Å². The molecule has 1 fully saturated rings. The van der Waals surface area contributed by atoms with Gasteiger partial charge in [-0.25, -0.2) is 9.79 Å². The molecule has 1 saturated heterocycles. The molecule has 6 nitrogen and oxygen atoms in total. The van der Waals surface area contributed by atoms with E-state index in [1.54, 1.807) is 59.5 Å². The first kappa shape index (κ1) is 23.2. The number of thioether (sulfide) groups is 1. The SMILES string of the molecule is CCN1C(=O)/C(=C\c2ccc(-c3cccc(Cl)c3Cl)o2)SC1=Nc1ccc(C(=O)OC)cc1. The van der Waals surface area contributed by atoms with Crippen LogP contribution in [0.5, 0.6) is 0 Å². The Morgan fingerprint density at radius 3 is 2.61 bits per heavy atom. The minimum Gasteiger partial charge on any atom is -0.465 e. The second kappa shape index (κ2) is 9.87. The van der Waals surface area contributed by atoms with Crippen LogP contribution in [-0.4, -0.2) is 35.6 Å².